The lowest BCUT2D eigenvalue weighted by molar-refractivity contribution is -0.384. The van der Waals surface area contributed by atoms with Gasteiger partial charge in [-0.3, -0.25) is 10.1 Å². The van der Waals surface area contributed by atoms with Gasteiger partial charge in [-0.1, -0.05) is 29.8 Å². The topological polar surface area (TPSA) is 91.8 Å². The van der Waals surface area contributed by atoms with E-state index < -0.39 is 4.92 Å². The van der Waals surface area contributed by atoms with Crippen molar-refractivity contribution >= 4 is 28.3 Å². The highest BCUT2D eigenvalue weighted by Crippen LogP contribution is 2.29. The molecule has 0 aliphatic carbocycles. The monoisotopic (exact) mass is 376 g/mol. The van der Waals surface area contributed by atoms with Gasteiger partial charge < -0.3 is 5.32 Å². The summed E-state index contributed by atoms with van der Waals surface area (Å²) in [6.07, 6.45) is 1.52. The van der Waals surface area contributed by atoms with Gasteiger partial charge in [0.2, 0.25) is 0 Å². The van der Waals surface area contributed by atoms with Crippen LogP contribution in [0, 0.1) is 35.3 Å². The second-order valence-electron chi connectivity index (χ2n) is 5.98. The van der Waals surface area contributed by atoms with Gasteiger partial charge in [-0.15, -0.1) is 11.3 Å². The largest absolute Gasteiger partial charge is 0.360 e. The first kappa shape index (κ1) is 18.3. The van der Waals surface area contributed by atoms with Crippen LogP contribution >= 0.6 is 11.3 Å². The van der Waals surface area contributed by atoms with Gasteiger partial charge in [-0.2, -0.15) is 5.26 Å². The average molecular weight is 376 g/mol. The van der Waals surface area contributed by atoms with E-state index in [4.69, 9.17) is 0 Å². The molecular weight excluding hydrogens is 360 g/mol. The third-order valence-corrected chi connectivity index (χ3v) is 4.83. The van der Waals surface area contributed by atoms with E-state index in [-0.39, 0.29) is 5.69 Å². The number of thiazole rings is 1. The van der Waals surface area contributed by atoms with Crippen molar-refractivity contribution in [1.29, 1.82) is 5.26 Å². The second kappa shape index (κ2) is 7.81. The molecule has 0 atom stereocenters. The number of anilines is 1. The van der Waals surface area contributed by atoms with Gasteiger partial charge in [0, 0.05) is 35.0 Å². The Morgan fingerprint density at radius 2 is 2.11 bits per heavy atom. The molecule has 3 aromatic rings. The van der Waals surface area contributed by atoms with Gasteiger partial charge in [0.05, 0.1) is 10.6 Å². The fourth-order valence-electron chi connectivity index (χ4n) is 2.63. The van der Waals surface area contributed by atoms with Gasteiger partial charge in [-0.25, -0.2) is 4.98 Å². The second-order valence-corrected chi connectivity index (χ2v) is 6.84. The minimum absolute atomic E-state index is 0.0155. The van der Waals surface area contributed by atoms with Crippen LogP contribution in [0.25, 0.3) is 16.8 Å². The number of nitro groups is 1. The SMILES string of the molecule is Cc1ccc(-c2csc(C(C#N)=CNc3cccc([N+](=O)[O-])c3)n2)c(C)c1. The molecule has 0 saturated carbocycles. The van der Waals surface area contributed by atoms with Crippen LogP contribution in [0.2, 0.25) is 0 Å². The number of rotatable bonds is 5. The molecule has 27 heavy (non-hydrogen) atoms. The highest BCUT2D eigenvalue weighted by molar-refractivity contribution is 7.11. The van der Waals surface area contributed by atoms with Gasteiger partial charge in [0.1, 0.15) is 16.6 Å². The molecule has 0 unspecified atom stereocenters. The summed E-state index contributed by atoms with van der Waals surface area (Å²) < 4.78 is 0. The summed E-state index contributed by atoms with van der Waals surface area (Å²) in [7, 11) is 0. The third-order valence-electron chi connectivity index (χ3n) is 3.95. The molecule has 6 nitrogen and oxygen atoms in total. The fourth-order valence-corrected chi connectivity index (χ4v) is 3.41. The van der Waals surface area contributed by atoms with Crippen molar-refractivity contribution in [2.24, 2.45) is 0 Å². The Kier molecular flexibility index (Phi) is 5.29. The van der Waals surface area contributed by atoms with E-state index in [2.05, 4.69) is 22.4 Å². The van der Waals surface area contributed by atoms with Crippen LogP contribution in [0.5, 0.6) is 0 Å². The molecule has 3 rings (SSSR count). The Bertz CT molecular complexity index is 1080. The number of nitrogens with zero attached hydrogens (tertiary/aromatic N) is 3. The third kappa shape index (κ3) is 4.19. The number of nitriles is 1. The average Bonchev–Trinajstić information content (AvgIpc) is 3.12. The van der Waals surface area contributed by atoms with E-state index in [1.807, 2.05) is 31.4 Å². The first-order valence-electron chi connectivity index (χ1n) is 8.12. The molecule has 0 aliphatic rings. The van der Waals surface area contributed by atoms with Gasteiger partial charge in [-0.05, 0) is 25.5 Å². The smallest absolute Gasteiger partial charge is 0.271 e. The van der Waals surface area contributed by atoms with Crippen molar-refractivity contribution in [1.82, 2.24) is 4.98 Å². The molecular formula is C20H16N4O2S. The van der Waals surface area contributed by atoms with E-state index in [0.29, 0.717) is 16.3 Å². The Morgan fingerprint density at radius 3 is 2.81 bits per heavy atom. The number of allylic oxidation sites excluding steroid dienone is 1. The van der Waals surface area contributed by atoms with E-state index >= 15 is 0 Å². The van der Waals surface area contributed by atoms with Crippen molar-refractivity contribution < 1.29 is 4.92 Å². The summed E-state index contributed by atoms with van der Waals surface area (Å²) >= 11 is 1.38. The number of nitro benzene ring substituents is 1. The van der Waals surface area contributed by atoms with Crippen LogP contribution in [0.4, 0.5) is 11.4 Å². The Morgan fingerprint density at radius 1 is 1.30 bits per heavy atom. The summed E-state index contributed by atoms with van der Waals surface area (Å²) in [6.45, 7) is 4.08. The quantitative estimate of drug-likeness (QED) is 0.370. The van der Waals surface area contributed by atoms with E-state index in [0.717, 1.165) is 16.8 Å². The van der Waals surface area contributed by atoms with Crippen LogP contribution in [-0.4, -0.2) is 9.91 Å². The van der Waals surface area contributed by atoms with Crippen LogP contribution < -0.4 is 5.32 Å². The first-order valence-corrected chi connectivity index (χ1v) is 9.00. The van der Waals surface area contributed by atoms with E-state index in [1.165, 1.54) is 35.2 Å². The predicted molar refractivity (Wildman–Crippen MR) is 107 cm³/mol. The standard InChI is InChI=1S/C20H16N4O2S/c1-13-6-7-18(14(2)8-13)19-12-27-20(23-19)15(10-21)11-22-16-4-3-5-17(9-16)24(25)26/h3-9,11-12,22H,1-2H3. The Hall–Kier alpha value is -3.50. The lowest BCUT2D eigenvalue weighted by Gasteiger charge is -2.03. The van der Waals surface area contributed by atoms with Crippen molar-refractivity contribution in [2.45, 2.75) is 13.8 Å². The molecule has 0 radical (unpaired) electrons. The zero-order chi connectivity index (χ0) is 19.4. The Balaban J connectivity index is 1.85. The van der Waals surface area contributed by atoms with Crippen molar-refractivity contribution in [3.05, 3.63) is 80.3 Å². The molecule has 0 aliphatic heterocycles. The van der Waals surface area contributed by atoms with Crippen molar-refractivity contribution in [3.63, 3.8) is 0 Å². The molecule has 1 aromatic heterocycles. The maximum Gasteiger partial charge on any atom is 0.271 e. The van der Waals surface area contributed by atoms with Gasteiger partial charge >= 0.3 is 0 Å². The fraction of sp³-hybridized carbons (Fsp3) is 0.100. The number of hydrogen-bond acceptors (Lipinski definition) is 6. The van der Waals surface area contributed by atoms with E-state index in [9.17, 15) is 15.4 Å². The molecule has 0 fully saturated rings. The number of aromatic nitrogens is 1. The van der Waals surface area contributed by atoms with Crippen LogP contribution in [0.1, 0.15) is 16.1 Å². The van der Waals surface area contributed by atoms with Gasteiger partial charge in [0.25, 0.3) is 5.69 Å². The first-order chi connectivity index (χ1) is 13.0. The summed E-state index contributed by atoms with van der Waals surface area (Å²) in [5.74, 6) is 0. The predicted octanol–water partition coefficient (Wildman–Crippen LogP) is 5.31. The molecule has 0 bridgehead atoms. The molecule has 134 valence electrons. The zero-order valence-corrected chi connectivity index (χ0v) is 15.6. The molecule has 7 heteroatoms. The van der Waals surface area contributed by atoms with E-state index in [1.54, 1.807) is 12.1 Å². The number of benzene rings is 2. The minimum atomic E-state index is -0.461. The van der Waals surface area contributed by atoms with Gasteiger partial charge in [0.15, 0.2) is 0 Å². The maximum atomic E-state index is 10.9. The molecule has 1 N–H and O–H groups in total. The summed E-state index contributed by atoms with van der Waals surface area (Å²) in [6, 6.07) is 14.4. The van der Waals surface area contributed by atoms with Crippen LogP contribution in [-0.2, 0) is 0 Å². The maximum absolute atomic E-state index is 10.9. The number of nitrogens with one attached hydrogen (secondary N) is 1. The normalized spacial score (nSPS) is 11.1. The Labute approximate surface area is 160 Å². The number of hydrogen-bond donors (Lipinski definition) is 1. The van der Waals surface area contributed by atoms with Crippen molar-refractivity contribution in [3.8, 4) is 17.3 Å². The number of non-ortho nitro benzene ring substituents is 1. The number of aryl methyl sites for hydroxylation is 2. The zero-order valence-electron chi connectivity index (χ0n) is 14.8. The summed E-state index contributed by atoms with van der Waals surface area (Å²) in [4.78, 5) is 15.0. The molecule has 0 amide bonds. The highest BCUT2D eigenvalue weighted by Gasteiger charge is 2.11. The highest BCUT2D eigenvalue weighted by atomic mass is 32.1. The molecule has 0 spiro atoms. The van der Waals surface area contributed by atoms with Crippen LogP contribution in [0.15, 0.2) is 54.0 Å². The molecule has 0 saturated heterocycles. The lowest BCUT2D eigenvalue weighted by atomic mass is 10.0. The van der Waals surface area contributed by atoms with Crippen molar-refractivity contribution in [2.75, 3.05) is 5.32 Å². The molecule has 1 heterocycles. The van der Waals surface area contributed by atoms with Crippen LogP contribution in [0.3, 0.4) is 0 Å². The lowest BCUT2D eigenvalue weighted by Crippen LogP contribution is -1.93. The minimum Gasteiger partial charge on any atom is -0.360 e. The summed E-state index contributed by atoms with van der Waals surface area (Å²) in [5, 5.41) is 25.8. The summed E-state index contributed by atoms with van der Waals surface area (Å²) in [5.41, 5.74) is 5.05. The molecule has 2 aromatic carbocycles.